The molecule has 0 bridgehead atoms. The third-order valence-corrected chi connectivity index (χ3v) is 5.33. The fraction of sp³-hybridized carbons (Fsp3) is 0.476. The molecule has 2 fully saturated rings. The van der Waals surface area contributed by atoms with Crippen LogP contribution >= 0.6 is 0 Å². The largest absolute Gasteiger partial charge is 0.497 e. The van der Waals surface area contributed by atoms with Gasteiger partial charge in [0.25, 0.3) is 0 Å². The summed E-state index contributed by atoms with van der Waals surface area (Å²) in [7, 11) is 1.63. The second-order valence-corrected chi connectivity index (χ2v) is 7.31. The molecule has 0 aliphatic carbocycles. The first-order valence-electron chi connectivity index (χ1n) is 9.85. The summed E-state index contributed by atoms with van der Waals surface area (Å²) in [6.45, 7) is 3.36. The van der Waals surface area contributed by atoms with Crippen LogP contribution in [0.25, 0.3) is 0 Å². The lowest BCUT2D eigenvalue weighted by atomic mass is 10.1. The summed E-state index contributed by atoms with van der Waals surface area (Å²) in [6.07, 6.45) is 5.11. The number of nitrogens with zero attached hydrogens (tertiary/aromatic N) is 4. The van der Waals surface area contributed by atoms with Crippen molar-refractivity contribution >= 4 is 11.7 Å². The fourth-order valence-corrected chi connectivity index (χ4v) is 3.80. The summed E-state index contributed by atoms with van der Waals surface area (Å²) in [5.74, 6) is 2.39. The second-order valence-electron chi connectivity index (χ2n) is 7.31. The van der Waals surface area contributed by atoms with E-state index < -0.39 is 0 Å². The molecule has 28 heavy (non-hydrogen) atoms. The molecule has 1 atom stereocenters. The third kappa shape index (κ3) is 4.35. The van der Waals surface area contributed by atoms with Crippen LogP contribution in [0.5, 0.6) is 11.6 Å². The van der Waals surface area contributed by atoms with Crippen LogP contribution in [-0.2, 0) is 11.2 Å². The van der Waals surface area contributed by atoms with Crippen LogP contribution in [0, 0.1) is 0 Å². The highest BCUT2D eigenvalue weighted by molar-refractivity contribution is 5.79. The van der Waals surface area contributed by atoms with Crippen molar-refractivity contribution < 1.29 is 14.3 Å². The van der Waals surface area contributed by atoms with Gasteiger partial charge < -0.3 is 19.3 Å². The van der Waals surface area contributed by atoms with Gasteiger partial charge in [-0.15, -0.1) is 0 Å². The number of methoxy groups -OCH3 is 1. The Bertz CT molecular complexity index is 823. The van der Waals surface area contributed by atoms with Gasteiger partial charge in [-0.1, -0.05) is 12.1 Å². The number of aromatic nitrogens is 2. The van der Waals surface area contributed by atoms with E-state index in [1.54, 1.807) is 13.4 Å². The highest BCUT2D eigenvalue weighted by Gasteiger charge is 2.28. The first kappa shape index (κ1) is 18.5. The van der Waals surface area contributed by atoms with Crippen LogP contribution in [0.1, 0.15) is 24.8 Å². The summed E-state index contributed by atoms with van der Waals surface area (Å²) in [5.41, 5.74) is 0.958. The van der Waals surface area contributed by atoms with E-state index in [2.05, 4.69) is 14.9 Å². The average molecular weight is 382 g/mol. The minimum atomic E-state index is -0.0319. The zero-order valence-corrected chi connectivity index (χ0v) is 16.2. The van der Waals surface area contributed by atoms with E-state index in [-0.39, 0.29) is 12.0 Å². The van der Waals surface area contributed by atoms with E-state index in [0.29, 0.717) is 25.4 Å². The number of likely N-dealkylation sites (tertiary alicyclic amines) is 1. The topological polar surface area (TPSA) is 67.8 Å². The molecule has 0 radical (unpaired) electrons. The van der Waals surface area contributed by atoms with Gasteiger partial charge in [-0.3, -0.25) is 4.79 Å². The van der Waals surface area contributed by atoms with E-state index in [4.69, 9.17) is 9.47 Å². The molecule has 2 aliphatic heterocycles. The molecule has 0 spiro atoms. The molecule has 4 rings (SSSR count). The number of hydrogen-bond donors (Lipinski definition) is 0. The van der Waals surface area contributed by atoms with Crippen molar-refractivity contribution in [2.24, 2.45) is 0 Å². The van der Waals surface area contributed by atoms with Gasteiger partial charge in [0.2, 0.25) is 11.8 Å². The Hall–Kier alpha value is -2.83. The molecule has 0 N–H and O–H groups in total. The van der Waals surface area contributed by atoms with Gasteiger partial charge in [-0.05, 0) is 30.5 Å². The molecular formula is C21H26N4O3. The summed E-state index contributed by atoms with van der Waals surface area (Å²) in [4.78, 5) is 25.4. The highest BCUT2D eigenvalue weighted by Crippen LogP contribution is 2.23. The summed E-state index contributed by atoms with van der Waals surface area (Å²) >= 11 is 0. The lowest BCUT2D eigenvalue weighted by molar-refractivity contribution is -0.129. The maximum Gasteiger partial charge on any atom is 0.227 e. The molecule has 2 saturated heterocycles. The van der Waals surface area contributed by atoms with Crippen molar-refractivity contribution in [1.29, 1.82) is 0 Å². The normalized spacial score (nSPS) is 19.1. The maximum absolute atomic E-state index is 12.6. The summed E-state index contributed by atoms with van der Waals surface area (Å²) in [5, 5.41) is 0. The van der Waals surface area contributed by atoms with Crippen LogP contribution < -0.4 is 14.4 Å². The van der Waals surface area contributed by atoms with E-state index >= 15 is 0 Å². The minimum absolute atomic E-state index is 0.0319. The van der Waals surface area contributed by atoms with Crippen LogP contribution in [0.15, 0.2) is 36.7 Å². The third-order valence-electron chi connectivity index (χ3n) is 5.33. The Labute approximate surface area is 165 Å². The summed E-state index contributed by atoms with van der Waals surface area (Å²) < 4.78 is 11.3. The minimum Gasteiger partial charge on any atom is -0.497 e. The van der Waals surface area contributed by atoms with E-state index in [1.807, 2.05) is 35.2 Å². The smallest absolute Gasteiger partial charge is 0.227 e. The van der Waals surface area contributed by atoms with Crippen LogP contribution in [0.4, 0.5) is 5.82 Å². The van der Waals surface area contributed by atoms with Gasteiger partial charge in [0.1, 0.15) is 24.0 Å². The van der Waals surface area contributed by atoms with Gasteiger partial charge >= 0.3 is 0 Å². The number of amides is 1. The monoisotopic (exact) mass is 382 g/mol. The molecule has 2 aromatic rings. The lowest BCUT2D eigenvalue weighted by Crippen LogP contribution is -2.32. The lowest BCUT2D eigenvalue weighted by Gasteiger charge is -2.19. The number of hydrogen-bond acceptors (Lipinski definition) is 6. The van der Waals surface area contributed by atoms with Gasteiger partial charge in [-0.2, -0.15) is 0 Å². The molecule has 1 unspecified atom stereocenters. The number of carbonyl (C=O) groups excluding carboxylic acids is 1. The number of ether oxygens (including phenoxy) is 2. The van der Waals surface area contributed by atoms with Gasteiger partial charge in [0.05, 0.1) is 20.1 Å². The first-order chi connectivity index (χ1) is 13.7. The molecule has 0 saturated carbocycles. The molecule has 148 valence electrons. The standard InChI is InChI=1S/C21H26N4O3/c1-27-17-6-4-5-16(11-17)12-21(26)25-10-7-18(14-25)28-20-13-19(22-15-23-20)24-8-2-3-9-24/h4-6,11,13,15,18H,2-3,7-10,12,14H2,1H3. The van der Waals surface area contributed by atoms with Gasteiger partial charge in [0.15, 0.2) is 0 Å². The van der Waals surface area contributed by atoms with Crippen molar-refractivity contribution in [1.82, 2.24) is 14.9 Å². The van der Waals surface area contributed by atoms with Crippen LogP contribution in [0.3, 0.4) is 0 Å². The number of rotatable bonds is 6. The molecule has 7 heteroatoms. The number of benzene rings is 1. The van der Waals surface area contributed by atoms with Crippen molar-refractivity contribution in [3.63, 3.8) is 0 Å². The van der Waals surface area contributed by atoms with Gasteiger partial charge in [0, 0.05) is 32.1 Å². The van der Waals surface area contributed by atoms with E-state index in [9.17, 15) is 4.79 Å². The predicted molar refractivity (Wildman–Crippen MR) is 106 cm³/mol. The van der Waals surface area contributed by atoms with Crippen molar-refractivity contribution in [3.8, 4) is 11.6 Å². The van der Waals surface area contributed by atoms with E-state index in [0.717, 1.165) is 36.6 Å². The molecule has 1 aromatic carbocycles. The van der Waals surface area contributed by atoms with E-state index in [1.165, 1.54) is 12.8 Å². The van der Waals surface area contributed by atoms with Gasteiger partial charge in [-0.25, -0.2) is 9.97 Å². The fourth-order valence-electron chi connectivity index (χ4n) is 3.80. The maximum atomic E-state index is 12.6. The Morgan fingerprint density at radius 2 is 2.04 bits per heavy atom. The van der Waals surface area contributed by atoms with Crippen molar-refractivity contribution in [2.45, 2.75) is 31.8 Å². The first-order valence-corrected chi connectivity index (χ1v) is 9.85. The molecule has 2 aliphatic rings. The second kappa shape index (κ2) is 8.46. The molecule has 7 nitrogen and oxygen atoms in total. The van der Waals surface area contributed by atoms with Crippen LogP contribution in [0.2, 0.25) is 0 Å². The zero-order chi connectivity index (χ0) is 19.3. The van der Waals surface area contributed by atoms with Crippen molar-refractivity contribution in [2.75, 3.05) is 38.2 Å². The summed E-state index contributed by atoms with van der Waals surface area (Å²) in [6, 6.07) is 9.55. The number of carbonyl (C=O) groups is 1. The predicted octanol–water partition coefficient (Wildman–Crippen LogP) is 2.31. The molecule has 1 amide bonds. The SMILES string of the molecule is COc1cccc(CC(=O)N2CCC(Oc3cc(N4CCCC4)ncn3)C2)c1. The Balaban J connectivity index is 1.32. The average Bonchev–Trinajstić information content (AvgIpc) is 3.41. The highest BCUT2D eigenvalue weighted by atomic mass is 16.5. The quantitative estimate of drug-likeness (QED) is 0.764. The number of anilines is 1. The van der Waals surface area contributed by atoms with Crippen molar-refractivity contribution in [3.05, 3.63) is 42.2 Å². The van der Waals surface area contributed by atoms with Crippen LogP contribution in [-0.4, -0.2) is 60.2 Å². The molecule has 1 aromatic heterocycles. The zero-order valence-electron chi connectivity index (χ0n) is 16.2. The molecule has 3 heterocycles. The Morgan fingerprint density at radius 3 is 2.86 bits per heavy atom. The Morgan fingerprint density at radius 1 is 1.18 bits per heavy atom. The Kier molecular flexibility index (Phi) is 5.60. The molecular weight excluding hydrogens is 356 g/mol.